The number of piperazine rings is 1. The third-order valence-corrected chi connectivity index (χ3v) is 6.03. The highest BCUT2D eigenvalue weighted by Gasteiger charge is 2.31. The van der Waals surface area contributed by atoms with Crippen LogP contribution >= 0.6 is 0 Å². The number of aromatic nitrogens is 4. The minimum absolute atomic E-state index is 0.157. The Balaban J connectivity index is 1.28. The van der Waals surface area contributed by atoms with Crippen LogP contribution in [0.4, 0.5) is 5.82 Å². The maximum absolute atomic E-state index is 5.67. The smallest absolute Gasteiger partial charge is 0.244 e. The number of anilines is 1. The Morgan fingerprint density at radius 2 is 1.97 bits per heavy atom. The van der Waals surface area contributed by atoms with E-state index in [1.54, 1.807) is 6.20 Å². The minimum atomic E-state index is 0.157. The van der Waals surface area contributed by atoms with Crippen molar-refractivity contribution in [3.05, 3.63) is 54.3 Å². The molecule has 0 saturated carbocycles. The van der Waals surface area contributed by atoms with Crippen molar-refractivity contribution in [1.29, 1.82) is 0 Å². The molecule has 5 heterocycles. The molecule has 1 unspecified atom stereocenters. The van der Waals surface area contributed by atoms with Crippen LogP contribution in [0.1, 0.15) is 30.3 Å². The quantitative estimate of drug-likeness (QED) is 0.641. The molecule has 2 aliphatic rings. The maximum atomic E-state index is 5.67. The predicted molar refractivity (Wildman–Crippen MR) is 114 cm³/mol. The van der Waals surface area contributed by atoms with Crippen molar-refractivity contribution in [2.24, 2.45) is 0 Å². The summed E-state index contributed by atoms with van der Waals surface area (Å²) in [5.74, 6) is 2.30. The van der Waals surface area contributed by atoms with E-state index in [4.69, 9.17) is 9.51 Å². The average molecular weight is 406 g/mol. The molecule has 30 heavy (non-hydrogen) atoms. The molecule has 0 N–H and O–H groups in total. The SMILES string of the molecule is CN1CCN(c2ccc(-c3noc(C4CCCN4Cc4cccnc4)n3)cn2)CC1. The highest BCUT2D eigenvalue weighted by molar-refractivity contribution is 5.56. The number of likely N-dealkylation sites (N-methyl/N-ethyl adjacent to an activating group) is 1. The highest BCUT2D eigenvalue weighted by atomic mass is 16.5. The second kappa shape index (κ2) is 8.49. The molecule has 0 radical (unpaired) electrons. The lowest BCUT2D eigenvalue weighted by molar-refractivity contribution is 0.201. The fourth-order valence-electron chi connectivity index (χ4n) is 4.25. The lowest BCUT2D eigenvalue weighted by atomic mass is 10.2. The number of hydrogen-bond acceptors (Lipinski definition) is 8. The zero-order valence-electron chi connectivity index (χ0n) is 17.3. The summed E-state index contributed by atoms with van der Waals surface area (Å²) < 4.78 is 5.67. The Bertz CT molecular complexity index is 951. The fraction of sp³-hybridized carbons (Fsp3) is 0.455. The summed E-state index contributed by atoms with van der Waals surface area (Å²) in [6, 6.07) is 8.33. The average Bonchev–Trinajstić information content (AvgIpc) is 3.45. The van der Waals surface area contributed by atoms with Gasteiger partial charge < -0.3 is 14.3 Å². The van der Waals surface area contributed by atoms with Crippen LogP contribution in [0.2, 0.25) is 0 Å². The van der Waals surface area contributed by atoms with Gasteiger partial charge in [0.05, 0.1) is 6.04 Å². The van der Waals surface area contributed by atoms with Crippen LogP contribution in [0.15, 0.2) is 47.4 Å². The third kappa shape index (κ3) is 4.06. The molecule has 8 heteroatoms. The van der Waals surface area contributed by atoms with Crippen LogP contribution in [-0.2, 0) is 6.54 Å². The molecule has 0 spiro atoms. The molecule has 1 atom stereocenters. The monoisotopic (exact) mass is 405 g/mol. The van der Waals surface area contributed by atoms with Crippen molar-refractivity contribution in [2.45, 2.75) is 25.4 Å². The normalized spacial score (nSPS) is 20.7. The van der Waals surface area contributed by atoms with Gasteiger partial charge in [-0.25, -0.2) is 4.98 Å². The maximum Gasteiger partial charge on any atom is 0.244 e. The van der Waals surface area contributed by atoms with Gasteiger partial charge in [0, 0.05) is 56.9 Å². The molecule has 3 aromatic heterocycles. The van der Waals surface area contributed by atoms with Crippen molar-refractivity contribution in [3.63, 3.8) is 0 Å². The van der Waals surface area contributed by atoms with Gasteiger partial charge in [-0.05, 0) is 50.2 Å². The zero-order valence-corrected chi connectivity index (χ0v) is 17.3. The minimum Gasteiger partial charge on any atom is -0.354 e. The lowest BCUT2D eigenvalue weighted by Crippen LogP contribution is -2.44. The van der Waals surface area contributed by atoms with E-state index in [9.17, 15) is 0 Å². The van der Waals surface area contributed by atoms with E-state index in [1.165, 1.54) is 5.56 Å². The van der Waals surface area contributed by atoms with Gasteiger partial charge in [-0.3, -0.25) is 9.88 Å². The standard InChI is InChI=1S/C22H27N7O/c1-27-10-12-28(13-11-27)20-7-6-18(15-24-20)21-25-22(30-26-21)19-5-3-9-29(19)16-17-4-2-8-23-14-17/h2,4,6-8,14-15,19H,3,5,9-13,16H2,1H3. The molecule has 2 aliphatic heterocycles. The molecule has 0 bridgehead atoms. The van der Waals surface area contributed by atoms with Crippen LogP contribution in [-0.4, -0.2) is 69.7 Å². The fourth-order valence-corrected chi connectivity index (χ4v) is 4.25. The molecule has 0 aromatic carbocycles. The Morgan fingerprint density at radius 3 is 2.73 bits per heavy atom. The summed E-state index contributed by atoms with van der Waals surface area (Å²) in [5, 5.41) is 4.24. The highest BCUT2D eigenvalue weighted by Crippen LogP contribution is 2.33. The van der Waals surface area contributed by atoms with Crippen molar-refractivity contribution in [3.8, 4) is 11.4 Å². The van der Waals surface area contributed by atoms with Gasteiger partial charge in [-0.15, -0.1) is 0 Å². The van der Waals surface area contributed by atoms with Crippen molar-refractivity contribution in [2.75, 3.05) is 44.7 Å². The van der Waals surface area contributed by atoms with Gasteiger partial charge in [-0.2, -0.15) is 4.98 Å². The van der Waals surface area contributed by atoms with Gasteiger partial charge in [0.15, 0.2) is 0 Å². The van der Waals surface area contributed by atoms with Crippen molar-refractivity contribution in [1.82, 2.24) is 29.9 Å². The summed E-state index contributed by atoms with van der Waals surface area (Å²) >= 11 is 0. The van der Waals surface area contributed by atoms with Crippen LogP contribution < -0.4 is 4.90 Å². The van der Waals surface area contributed by atoms with Crippen LogP contribution in [0.5, 0.6) is 0 Å². The van der Waals surface area contributed by atoms with E-state index < -0.39 is 0 Å². The lowest BCUT2D eigenvalue weighted by Gasteiger charge is -2.33. The Labute approximate surface area is 176 Å². The summed E-state index contributed by atoms with van der Waals surface area (Å²) in [6.45, 7) is 6.01. The van der Waals surface area contributed by atoms with Gasteiger partial charge >= 0.3 is 0 Å². The number of rotatable bonds is 5. The Hall–Kier alpha value is -2.84. The first kappa shape index (κ1) is 19.1. The molecule has 0 amide bonds. The number of likely N-dealkylation sites (tertiary alicyclic amines) is 1. The van der Waals surface area contributed by atoms with Gasteiger partial charge in [0.1, 0.15) is 5.82 Å². The molecular formula is C22H27N7O. The van der Waals surface area contributed by atoms with E-state index in [1.807, 2.05) is 24.5 Å². The Morgan fingerprint density at radius 1 is 1.07 bits per heavy atom. The van der Waals surface area contributed by atoms with Crippen LogP contribution in [0.3, 0.4) is 0 Å². The number of hydrogen-bond donors (Lipinski definition) is 0. The second-order valence-corrected chi connectivity index (χ2v) is 8.14. The van der Waals surface area contributed by atoms with E-state index >= 15 is 0 Å². The predicted octanol–water partition coefficient (Wildman–Crippen LogP) is 2.62. The number of nitrogens with zero attached hydrogens (tertiary/aromatic N) is 7. The van der Waals surface area contributed by atoms with E-state index in [2.05, 4.69) is 49.0 Å². The molecule has 3 aromatic rings. The first-order valence-corrected chi connectivity index (χ1v) is 10.6. The summed E-state index contributed by atoms with van der Waals surface area (Å²) in [7, 11) is 2.16. The van der Waals surface area contributed by atoms with Crippen molar-refractivity contribution >= 4 is 5.82 Å². The van der Waals surface area contributed by atoms with Crippen molar-refractivity contribution < 1.29 is 4.52 Å². The van der Waals surface area contributed by atoms with Gasteiger partial charge in [0.2, 0.25) is 11.7 Å². The molecule has 0 aliphatic carbocycles. The van der Waals surface area contributed by atoms with Crippen LogP contribution in [0.25, 0.3) is 11.4 Å². The van der Waals surface area contributed by atoms with E-state index in [0.717, 1.165) is 63.5 Å². The van der Waals surface area contributed by atoms with Gasteiger partial charge in [-0.1, -0.05) is 11.2 Å². The molecule has 8 nitrogen and oxygen atoms in total. The molecule has 5 rings (SSSR count). The Kier molecular flexibility index (Phi) is 5.42. The zero-order chi connectivity index (χ0) is 20.3. The first-order chi connectivity index (χ1) is 14.8. The third-order valence-electron chi connectivity index (χ3n) is 6.03. The summed E-state index contributed by atoms with van der Waals surface area (Å²) in [4.78, 5) is 20.6. The summed E-state index contributed by atoms with van der Waals surface area (Å²) in [5.41, 5.74) is 2.09. The summed E-state index contributed by atoms with van der Waals surface area (Å²) in [6.07, 6.45) is 7.73. The molecule has 2 fully saturated rings. The van der Waals surface area contributed by atoms with Crippen LogP contribution in [0, 0.1) is 0 Å². The second-order valence-electron chi connectivity index (χ2n) is 8.14. The van der Waals surface area contributed by atoms with E-state index in [0.29, 0.717) is 11.7 Å². The molecule has 2 saturated heterocycles. The van der Waals surface area contributed by atoms with Gasteiger partial charge in [0.25, 0.3) is 0 Å². The van der Waals surface area contributed by atoms with E-state index in [-0.39, 0.29) is 6.04 Å². The molecular weight excluding hydrogens is 378 g/mol. The largest absolute Gasteiger partial charge is 0.354 e. The molecule has 156 valence electrons. The number of pyridine rings is 2. The topological polar surface area (TPSA) is 74.4 Å². The first-order valence-electron chi connectivity index (χ1n) is 10.6.